The van der Waals surface area contributed by atoms with Crippen molar-refractivity contribution in [1.82, 2.24) is 10.1 Å². The summed E-state index contributed by atoms with van der Waals surface area (Å²) >= 11 is 5.95. The SMILES string of the molecule is CC(C)(C)Nc1nc(Cc2c(F)cccc2Cl)no1. The van der Waals surface area contributed by atoms with Gasteiger partial charge in [-0.2, -0.15) is 4.98 Å². The molecule has 0 aliphatic rings. The van der Waals surface area contributed by atoms with Crippen LogP contribution < -0.4 is 5.32 Å². The van der Waals surface area contributed by atoms with Gasteiger partial charge in [-0.25, -0.2) is 4.39 Å². The van der Waals surface area contributed by atoms with Crippen LogP contribution in [0.3, 0.4) is 0 Å². The molecule has 19 heavy (non-hydrogen) atoms. The maximum absolute atomic E-state index is 13.6. The minimum atomic E-state index is -0.373. The molecule has 1 aromatic heterocycles. The summed E-state index contributed by atoms with van der Waals surface area (Å²) in [6.45, 7) is 5.93. The second kappa shape index (κ2) is 5.17. The molecule has 1 heterocycles. The fraction of sp³-hybridized carbons (Fsp3) is 0.385. The molecule has 0 atom stereocenters. The average Bonchev–Trinajstić information content (AvgIpc) is 2.69. The van der Waals surface area contributed by atoms with Crippen LogP contribution in [0.25, 0.3) is 0 Å². The summed E-state index contributed by atoms with van der Waals surface area (Å²) in [4.78, 5) is 4.16. The van der Waals surface area contributed by atoms with Crippen molar-refractivity contribution in [3.63, 3.8) is 0 Å². The number of nitrogens with zero attached hydrogens (tertiary/aromatic N) is 2. The van der Waals surface area contributed by atoms with Gasteiger partial charge in [0.1, 0.15) is 5.82 Å². The Hall–Kier alpha value is -1.62. The second-order valence-corrected chi connectivity index (χ2v) is 5.67. The number of hydrogen-bond donors (Lipinski definition) is 1. The van der Waals surface area contributed by atoms with Crippen LogP contribution in [0.4, 0.5) is 10.4 Å². The average molecular weight is 284 g/mol. The summed E-state index contributed by atoms with van der Waals surface area (Å²) in [5.74, 6) is 0.0152. The summed E-state index contributed by atoms with van der Waals surface area (Å²) in [6, 6.07) is 4.86. The monoisotopic (exact) mass is 283 g/mol. The van der Waals surface area contributed by atoms with Crippen molar-refractivity contribution < 1.29 is 8.91 Å². The third-order valence-corrected chi connectivity index (χ3v) is 2.70. The minimum Gasteiger partial charge on any atom is -0.333 e. The zero-order valence-corrected chi connectivity index (χ0v) is 11.8. The minimum absolute atomic E-state index is 0.181. The lowest BCUT2D eigenvalue weighted by Gasteiger charge is -2.17. The Morgan fingerprint density at radius 1 is 1.37 bits per heavy atom. The highest BCUT2D eigenvalue weighted by Crippen LogP contribution is 2.22. The number of hydrogen-bond acceptors (Lipinski definition) is 4. The van der Waals surface area contributed by atoms with E-state index in [-0.39, 0.29) is 17.8 Å². The van der Waals surface area contributed by atoms with E-state index in [4.69, 9.17) is 16.1 Å². The van der Waals surface area contributed by atoms with Gasteiger partial charge in [0.2, 0.25) is 0 Å². The van der Waals surface area contributed by atoms with Crippen molar-refractivity contribution in [3.8, 4) is 0 Å². The van der Waals surface area contributed by atoms with E-state index in [1.54, 1.807) is 12.1 Å². The van der Waals surface area contributed by atoms with Gasteiger partial charge < -0.3 is 9.84 Å². The van der Waals surface area contributed by atoms with Crippen LogP contribution in [0.1, 0.15) is 32.2 Å². The van der Waals surface area contributed by atoms with E-state index in [1.165, 1.54) is 6.07 Å². The summed E-state index contributed by atoms with van der Waals surface area (Å²) in [6.07, 6.45) is 0.195. The molecular weight excluding hydrogens is 269 g/mol. The number of benzene rings is 1. The van der Waals surface area contributed by atoms with E-state index in [0.717, 1.165) is 0 Å². The molecule has 0 bridgehead atoms. The first-order chi connectivity index (χ1) is 8.85. The Kier molecular flexibility index (Phi) is 3.75. The Morgan fingerprint density at radius 3 is 2.74 bits per heavy atom. The van der Waals surface area contributed by atoms with Crippen LogP contribution in [0.15, 0.2) is 22.7 Å². The molecular formula is C13H15ClFN3O. The van der Waals surface area contributed by atoms with Gasteiger partial charge in [0, 0.05) is 22.5 Å². The maximum atomic E-state index is 13.6. The molecule has 0 fully saturated rings. The number of anilines is 1. The first kappa shape index (κ1) is 13.8. The Morgan fingerprint density at radius 2 is 2.11 bits per heavy atom. The molecule has 6 heteroatoms. The van der Waals surface area contributed by atoms with Crippen LogP contribution in [-0.4, -0.2) is 15.7 Å². The molecule has 4 nitrogen and oxygen atoms in total. The van der Waals surface area contributed by atoms with Crippen LogP contribution in [0, 0.1) is 5.82 Å². The third-order valence-electron chi connectivity index (χ3n) is 2.35. The zero-order valence-electron chi connectivity index (χ0n) is 11.0. The molecule has 0 aliphatic heterocycles. The summed E-state index contributed by atoms with van der Waals surface area (Å²) in [5.41, 5.74) is 0.187. The highest BCUT2D eigenvalue weighted by molar-refractivity contribution is 6.31. The first-order valence-corrected chi connectivity index (χ1v) is 6.26. The van der Waals surface area contributed by atoms with Crippen molar-refractivity contribution in [3.05, 3.63) is 40.4 Å². The highest BCUT2D eigenvalue weighted by atomic mass is 35.5. The number of halogens is 2. The molecule has 1 N–H and O–H groups in total. The predicted octanol–water partition coefficient (Wildman–Crippen LogP) is 3.66. The molecule has 0 saturated carbocycles. The molecule has 0 aliphatic carbocycles. The number of nitrogens with one attached hydrogen (secondary N) is 1. The molecule has 0 radical (unpaired) electrons. The highest BCUT2D eigenvalue weighted by Gasteiger charge is 2.16. The van der Waals surface area contributed by atoms with Gasteiger partial charge in [-0.15, -0.1) is 0 Å². The van der Waals surface area contributed by atoms with Crippen molar-refractivity contribution in [1.29, 1.82) is 0 Å². The molecule has 0 saturated heterocycles. The topological polar surface area (TPSA) is 51.0 Å². The largest absolute Gasteiger partial charge is 0.333 e. The van der Waals surface area contributed by atoms with E-state index in [0.29, 0.717) is 22.4 Å². The van der Waals surface area contributed by atoms with E-state index < -0.39 is 0 Å². The normalized spacial score (nSPS) is 11.6. The van der Waals surface area contributed by atoms with Crippen LogP contribution >= 0.6 is 11.6 Å². The molecule has 2 rings (SSSR count). The lowest BCUT2D eigenvalue weighted by molar-refractivity contribution is 0.413. The fourth-order valence-corrected chi connectivity index (χ4v) is 1.79. The van der Waals surface area contributed by atoms with Crippen LogP contribution in [-0.2, 0) is 6.42 Å². The molecule has 102 valence electrons. The molecule has 2 aromatic rings. The zero-order chi connectivity index (χ0) is 14.0. The third kappa shape index (κ3) is 3.67. The maximum Gasteiger partial charge on any atom is 0.321 e. The fourth-order valence-electron chi connectivity index (χ4n) is 1.56. The van der Waals surface area contributed by atoms with Crippen molar-refractivity contribution in [2.45, 2.75) is 32.7 Å². The Bertz CT molecular complexity index is 557. The quantitative estimate of drug-likeness (QED) is 0.934. The summed E-state index contributed by atoms with van der Waals surface area (Å²) < 4.78 is 18.7. The predicted molar refractivity (Wildman–Crippen MR) is 71.9 cm³/mol. The number of rotatable bonds is 3. The van der Waals surface area contributed by atoms with Crippen LogP contribution in [0.5, 0.6) is 0 Å². The van der Waals surface area contributed by atoms with E-state index >= 15 is 0 Å². The van der Waals surface area contributed by atoms with Crippen molar-refractivity contribution in [2.75, 3.05) is 5.32 Å². The lowest BCUT2D eigenvalue weighted by Crippen LogP contribution is -2.26. The van der Waals surface area contributed by atoms with Crippen molar-refractivity contribution >= 4 is 17.6 Å². The standard InChI is InChI=1S/C13H15ClFN3O/c1-13(2,3)17-12-16-11(18-19-12)7-8-9(14)5-4-6-10(8)15/h4-6H,7H2,1-3H3,(H,16,17,18). The Balaban J connectivity index is 2.16. The summed E-state index contributed by atoms with van der Waals surface area (Å²) in [5, 5.41) is 7.21. The summed E-state index contributed by atoms with van der Waals surface area (Å²) in [7, 11) is 0. The number of aromatic nitrogens is 2. The van der Waals surface area contributed by atoms with Gasteiger partial charge in [-0.05, 0) is 32.9 Å². The smallest absolute Gasteiger partial charge is 0.321 e. The molecule has 0 unspecified atom stereocenters. The molecule has 1 aromatic carbocycles. The van der Waals surface area contributed by atoms with Crippen molar-refractivity contribution in [2.24, 2.45) is 0 Å². The van der Waals surface area contributed by atoms with Gasteiger partial charge in [-0.1, -0.05) is 22.8 Å². The first-order valence-electron chi connectivity index (χ1n) is 5.89. The van der Waals surface area contributed by atoms with Gasteiger partial charge in [0.05, 0.1) is 0 Å². The Labute approximate surface area is 116 Å². The van der Waals surface area contributed by atoms with Gasteiger partial charge in [0.25, 0.3) is 0 Å². The van der Waals surface area contributed by atoms with Gasteiger partial charge >= 0.3 is 6.01 Å². The van der Waals surface area contributed by atoms with E-state index in [2.05, 4.69) is 15.5 Å². The second-order valence-electron chi connectivity index (χ2n) is 5.27. The lowest BCUT2D eigenvalue weighted by atomic mass is 10.1. The van der Waals surface area contributed by atoms with E-state index in [1.807, 2.05) is 20.8 Å². The van der Waals surface area contributed by atoms with Gasteiger partial charge in [0.15, 0.2) is 5.82 Å². The van der Waals surface area contributed by atoms with E-state index in [9.17, 15) is 4.39 Å². The van der Waals surface area contributed by atoms with Gasteiger partial charge in [-0.3, -0.25) is 0 Å². The molecule has 0 amide bonds. The molecule has 0 spiro atoms. The van der Waals surface area contributed by atoms with Crippen LogP contribution in [0.2, 0.25) is 5.02 Å².